The van der Waals surface area contributed by atoms with Gasteiger partial charge in [0.2, 0.25) is 0 Å². The zero-order valence-corrected chi connectivity index (χ0v) is 23.4. The van der Waals surface area contributed by atoms with E-state index in [2.05, 4.69) is 16.0 Å². The van der Waals surface area contributed by atoms with Crippen molar-refractivity contribution in [2.24, 2.45) is 0 Å². The Balaban J connectivity index is 1.42. The van der Waals surface area contributed by atoms with Crippen LogP contribution in [-0.2, 0) is 29.6 Å². The number of hydrogen-bond acceptors (Lipinski definition) is 9. The number of aliphatic hydroxyl groups is 1. The summed E-state index contributed by atoms with van der Waals surface area (Å²) in [5.41, 5.74) is 1.31. The van der Waals surface area contributed by atoms with Crippen molar-refractivity contribution in [3.8, 4) is 6.07 Å². The number of hydrogen-bond donors (Lipinski definition) is 1. The van der Waals surface area contributed by atoms with Crippen molar-refractivity contribution in [2.75, 3.05) is 33.2 Å². The second-order valence-electron chi connectivity index (χ2n) is 9.26. The third-order valence-electron chi connectivity index (χ3n) is 6.85. The predicted molar refractivity (Wildman–Crippen MR) is 143 cm³/mol. The summed E-state index contributed by atoms with van der Waals surface area (Å²) in [7, 11) is -1.91. The summed E-state index contributed by atoms with van der Waals surface area (Å²) < 4.78 is 29.7. The molecule has 2 aromatic heterocycles. The molecule has 1 fully saturated rings. The summed E-state index contributed by atoms with van der Waals surface area (Å²) in [6.07, 6.45) is 1.36. The minimum absolute atomic E-state index is 0.0729. The van der Waals surface area contributed by atoms with Gasteiger partial charge in [0, 0.05) is 71.8 Å². The topological polar surface area (TPSA) is 118 Å². The lowest BCUT2D eigenvalue weighted by Gasteiger charge is -2.40. The van der Waals surface area contributed by atoms with Crippen molar-refractivity contribution in [2.45, 2.75) is 42.7 Å². The molecule has 4 heterocycles. The number of sulfonamides is 1. The van der Waals surface area contributed by atoms with Gasteiger partial charge >= 0.3 is 0 Å². The van der Waals surface area contributed by atoms with Crippen LogP contribution in [0.5, 0.6) is 0 Å². The first-order chi connectivity index (χ1) is 17.7. The second kappa shape index (κ2) is 10.6. The van der Waals surface area contributed by atoms with Crippen molar-refractivity contribution in [1.82, 2.24) is 19.1 Å². The van der Waals surface area contributed by atoms with Crippen molar-refractivity contribution in [1.29, 1.82) is 5.26 Å². The highest BCUT2D eigenvalue weighted by atomic mass is 35.5. The molecule has 0 saturated carbocycles. The Morgan fingerprint density at radius 2 is 2.11 bits per heavy atom. The lowest BCUT2D eigenvalue weighted by atomic mass is 10.1. The summed E-state index contributed by atoms with van der Waals surface area (Å²) in [4.78, 5) is 23.1. The SMILES string of the molecule is CN1CCc2nc(C(=O)N3CCN(S(=O)(=O)c4sc5cc(Cl)ccc5c4CO)CC3CCC#N)sc2C1. The number of aliphatic hydroxyl groups excluding tert-OH is 1. The highest BCUT2D eigenvalue weighted by molar-refractivity contribution is 7.91. The molecule has 3 aromatic rings. The van der Waals surface area contributed by atoms with Crippen LogP contribution in [0.1, 0.15) is 38.8 Å². The molecule has 1 amide bonds. The largest absolute Gasteiger partial charge is 0.392 e. The maximum Gasteiger partial charge on any atom is 0.283 e. The normalized spacial score (nSPS) is 19.2. The van der Waals surface area contributed by atoms with Gasteiger partial charge in [-0.3, -0.25) is 4.79 Å². The third kappa shape index (κ3) is 5.02. The summed E-state index contributed by atoms with van der Waals surface area (Å²) in [5.74, 6) is -0.213. The number of carbonyl (C=O) groups excluding carboxylic acids is 1. The second-order valence-corrected chi connectivity index (χ2v) is 14.0. The van der Waals surface area contributed by atoms with Crippen LogP contribution < -0.4 is 0 Å². The lowest BCUT2D eigenvalue weighted by molar-refractivity contribution is 0.0552. The molecule has 5 rings (SSSR count). The summed E-state index contributed by atoms with van der Waals surface area (Å²) in [6.45, 7) is 1.62. The molecule has 9 nitrogen and oxygen atoms in total. The molecule has 1 unspecified atom stereocenters. The fourth-order valence-corrected chi connectivity index (χ4v) is 9.69. The van der Waals surface area contributed by atoms with Crippen molar-refractivity contribution >= 4 is 60.3 Å². The first-order valence-electron chi connectivity index (χ1n) is 11.9. The molecule has 2 aliphatic rings. The van der Waals surface area contributed by atoms with Crippen LogP contribution in [0.4, 0.5) is 0 Å². The third-order valence-corrected chi connectivity index (χ3v) is 11.8. The van der Waals surface area contributed by atoms with Crippen LogP contribution in [0.25, 0.3) is 10.1 Å². The molecule has 0 bridgehead atoms. The van der Waals surface area contributed by atoms with Gasteiger partial charge in [-0.1, -0.05) is 17.7 Å². The van der Waals surface area contributed by atoms with E-state index in [1.54, 1.807) is 23.1 Å². The maximum absolute atomic E-state index is 13.8. The number of likely N-dealkylation sites (N-methyl/N-ethyl adjacent to an activating group) is 1. The van der Waals surface area contributed by atoms with Gasteiger partial charge < -0.3 is 14.9 Å². The average Bonchev–Trinajstić information content (AvgIpc) is 3.47. The van der Waals surface area contributed by atoms with E-state index in [-0.39, 0.29) is 36.2 Å². The Bertz CT molecular complexity index is 1500. The van der Waals surface area contributed by atoms with Crippen molar-refractivity contribution < 1.29 is 18.3 Å². The van der Waals surface area contributed by atoms with Gasteiger partial charge in [-0.2, -0.15) is 9.57 Å². The van der Waals surface area contributed by atoms with E-state index in [1.807, 2.05) is 7.05 Å². The molecule has 2 aliphatic heterocycles. The maximum atomic E-state index is 13.8. The summed E-state index contributed by atoms with van der Waals surface area (Å²) in [5, 5.41) is 20.8. The predicted octanol–water partition coefficient (Wildman–Crippen LogP) is 3.31. The number of fused-ring (bicyclic) bond motifs is 2. The summed E-state index contributed by atoms with van der Waals surface area (Å²) >= 11 is 8.59. The quantitative estimate of drug-likeness (QED) is 0.476. The molecule has 13 heteroatoms. The number of nitriles is 1. The fraction of sp³-hybridized carbons (Fsp3) is 0.458. The van der Waals surface area contributed by atoms with E-state index in [9.17, 15) is 23.6 Å². The van der Waals surface area contributed by atoms with Gasteiger partial charge in [0.05, 0.1) is 18.4 Å². The highest BCUT2D eigenvalue weighted by Crippen LogP contribution is 2.38. The number of amides is 1. The zero-order chi connectivity index (χ0) is 26.3. The molecule has 37 heavy (non-hydrogen) atoms. The average molecular weight is 580 g/mol. The highest BCUT2D eigenvalue weighted by Gasteiger charge is 2.39. The molecule has 1 aromatic carbocycles. The van der Waals surface area contributed by atoms with Crippen molar-refractivity contribution in [3.63, 3.8) is 0 Å². The number of rotatable bonds is 6. The molecule has 1 atom stereocenters. The number of nitrogens with zero attached hydrogens (tertiary/aromatic N) is 5. The Morgan fingerprint density at radius 1 is 1.30 bits per heavy atom. The van der Waals surface area contributed by atoms with Gasteiger partial charge in [-0.25, -0.2) is 13.4 Å². The number of aromatic nitrogens is 1. The lowest BCUT2D eigenvalue weighted by Crippen LogP contribution is -2.56. The molecule has 0 radical (unpaired) electrons. The molecule has 196 valence electrons. The first-order valence-corrected chi connectivity index (χ1v) is 15.3. The molecular weight excluding hydrogens is 554 g/mol. The van der Waals surface area contributed by atoms with E-state index in [4.69, 9.17) is 11.6 Å². The zero-order valence-electron chi connectivity index (χ0n) is 20.2. The number of piperazine rings is 1. The Morgan fingerprint density at radius 3 is 2.86 bits per heavy atom. The smallest absolute Gasteiger partial charge is 0.283 e. The van der Waals surface area contributed by atoms with Crippen LogP contribution in [0, 0.1) is 11.3 Å². The van der Waals surface area contributed by atoms with Gasteiger partial charge in [0.25, 0.3) is 15.9 Å². The van der Waals surface area contributed by atoms with E-state index in [0.717, 1.165) is 41.4 Å². The number of halogens is 1. The number of thiophene rings is 1. The standard InChI is InChI=1S/C24H26ClN5O4S3/c1-28-8-6-19-21(13-28)35-22(27-19)23(32)30-10-9-29(12-16(30)3-2-7-26)37(33,34)24-18(14-31)17-5-4-15(25)11-20(17)36-24/h4-5,11,16,31H,2-3,6,8-10,12-14H2,1H3. The van der Waals surface area contributed by atoms with Crippen LogP contribution in [0.15, 0.2) is 22.4 Å². The number of thiazole rings is 1. The minimum atomic E-state index is -3.95. The first kappa shape index (κ1) is 26.5. The minimum Gasteiger partial charge on any atom is -0.392 e. The monoisotopic (exact) mass is 579 g/mol. The van der Waals surface area contributed by atoms with Gasteiger partial charge in [-0.15, -0.1) is 22.7 Å². The van der Waals surface area contributed by atoms with E-state index < -0.39 is 22.7 Å². The van der Waals surface area contributed by atoms with Gasteiger partial charge in [0.1, 0.15) is 4.21 Å². The van der Waals surface area contributed by atoms with Crippen LogP contribution in [-0.4, -0.2) is 77.8 Å². The Labute approximate surface area is 228 Å². The molecule has 1 N–H and O–H groups in total. The van der Waals surface area contributed by atoms with Crippen molar-refractivity contribution in [3.05, 3.63) is 44.4 Å². The van der Waals surface area contributed by atoms with Crippen LogP contribution in [0.2, 0.25) is 5.02 Å². The Kier molecular flexibility index (Phi) is 7.57. The molecular formula is C24H26ClN5O4S3. The van der Waals surface area contributed by atoms with Crippen LogP contribution >= 0.6 is 34.3 Å². The van der Waals surface area contributed by atoms with Gasteiger partial charge in [-0.05, 0) is 31.0 Å². The number of carbonyl (C=O) groups is 1. The van der Waals surface area contributed by atoms with Gasteiger partial charge in [0.15, 0.2) is 5.01 Å². The van der Waals surface area contributed by atoms with E-state index in [1.165, 1.54) is 15.6 Å². The molecule has 0 aliphatic carbocycles. The Hall–Kier alpha value is -2.11. The molecule has 1 saturated heterocycles. The fourth-order valence-electron chi connectivity index (χ4n) is 4.90. The van der Waals surface area contributed by atoms with E-state index in [0.29, 0.717) is 32.1 Å². The van der Waals surface area contributed by atoms with E-state index >= 15 is 0 Å². The molecule has 0 spiro atoms. The number of benzene rings is 1. The summed E-state index contributed by atoms with van der Waals surface area (Å²) in [6, 6.07) is 6.74. The van der Waals surface area contributed by atoms with Crippen LogP contribution in [0.3, 0.4) is 0 Å².